The third kappa shape index (κ3) is 5.15. The second-order valence-corrected chi connectivity index (χ2v) is 7.63. The Morgan fingerprint density at radius 3 is 2.35 bits per heavy atom. The first-order valence-corrected chi connectivity index (χ1v) is 9.79. The van der Waals surface area contributed by atoms with Crippen molar-refractivity contribution in [3.05, 3.63) is 29.3 Å². The average molecular weight is 368 g/mol. The summed E-state index contributed by atoms with van der Waals surface area (Å²) in [6.07, 6.45) is 3.65. The Morgan fingerprint density at radius 1 is 1.15 bits per heavy atom. The number of likely N-dealkylation sites (tertiary alicyclic amines) is 1. The summed E-state index contributed by atoms with van der Waals surface area (Å²) in [5.74, 6) is -1.23. The number of piperidine rings is 2. The standard InChI is InChI=1S/C20H30F2N2O2/c1-14(25)4-9-24-10-5-15(6-11-24)16-12-18(21)20(19(22)13-16)26-17-2-7-23-8-3-17/h12-15,17,23,25H,2-11H2,1H3/t14-/m0/s1. The maximum Gasteiger partial charge on any atom is 0.191 e. The smallest absolute Gasteiger partial charge is 0.191 e. The van der Waals surface area contributed by atoms with Crippen molar-refractivity contribution in [3.8, 4) is 5.75 Å². The van der Waals surface area contributed by atoms with Gasteiger partial charge in [-0.25, -0.2) is 8.78 Å². The van der Waals surface area contributed by atoms with Crippen LogP contribution in [0.4, 0.5) is 8.78 Å². The number of nitrogens with zero attached hydrogens (tertiary/aromatic N) is 1. The first-order chi connectivity index (χ1) is 12.5. The minimum Gasteiger partial charge on any atom is -0.484 e. The van der Waals surface area contributed by atoms with E-state index in [1.165, 1.54) is 12.1 Å². The molecule has 6 heteroatoms. The molecule has 0 aromatic heterocycles. The molecule has 0 radical (unpaired) electrons. The Hall–Kier alpha value is -1.24. The van der Waals surface area contributed by atoms with Gasteiger partial charge in [-0.15, -0.1) is 0 Å². The Kier molecular flexibility index (Phi) is 6.84. The van der Waals surface area contributed by atoms with Crippen molar-refractivity contribution in [2.75, 3.05) is 32.7 Å². The summed E-state index contributed by atoms with van der Waals surface area (Å²) in [6.45, 7) is 6.10. The summed E-state index contributed by atoms with van der Waals surface area (Å²) in [5.41, 5.74) is 0.729. The number of aliphatic hydroxyl groups excluding tert-OH is 1. The van der Waals surface area contributed by atoms with E-state index in [4.69, 9.17) is 4.74 Å². The van der Waals surface area contributed by atoms with E-state index in [0.29, 0.717) is 0 Å². The van der Waals surface area contributed by atoms with Crippen molar-refractivity contribution < 1.29 is 18.6 Å². The lowest BCUT2D eigenvalue weighted by molar-refractivity contribution is 0.141. The maximum absolute atomic E-state index is 14.5. The number of nitrogens with one attached hydrogen (secondary N) is 1. The van der Waals surface area contributed by atoms with Gasteiger partial charge >= 0.3 is 0 Å². The maximum atomic E-state index is 14.5. The molecule has 2 aliphatic heterocycles. The molecule has 2 aliphatic rings. The highest BCUT2D eigenvalue weighted by Gasteiger charge is 2.25. The van der Waals surface area contributed by atoms with Crippen molar-refractivity contribution in [2.45, 2.75) is 57.2 Å². The SMILES string of the molecule is C[C@H](O)CCN1CCC(c2cc(F)c(OC3CCNCC3)c(F)c2)CC1. The Balaban J connectivity index is 1.59. The predicted octanol–water partition coefficient (Wildman–Crippen LogP) is 3.05. The van der Waals surface area contributed by atoms with Gasteiger partial charge < -0.3 is 20.1 Å². The lowest BCUT2D eigenvalue weighted by atomic mass is 9.89. The summed E-state index contributed by atoms with van der Waals surface area (Å²) in [7, 11) is 0. The number of halogens is 2. The molecule has 0 bridgehead atoms. The quantitative estimate of drug-likeness (QED) is 0.810. The molecule has 26 heavy (non-hydrogen) atoms. The molecule has 3 rings (SSSR count). The molecule has 0 saturated carbocycles. The van der Waals surface area contributed by atoms with Gasteiger partial charge in [0.15, 0.2) is 17.4 Å². The zero-order chi connectivity index (χ0) is 18.5. The van der Waals surface area contributed by atoms with Gasteiger partial charge in [0.1, 0.15) is 6.10 Å². The molecule has 0 amide bonds. The first kappa shape index (κ1) is 19.5. The predicted molar refractivity (Wildman–Crippen MR) is 97.6 cm³/mol. The fourth-order valence-electron chi connectivity index (χ4n) is 3.87. The first-order valence-electron chi connectivity index (χ1n) is 9.79. The van der Waals surface area contributed by atoms with Crippen LogP contribution in [0.1, 0.15) is 50.5 Å². The Bertz CT molecular complexity index is 560. The van der Waals surface area contributed by atoms with Crippen LogP contribution in [-0.2, 0) is 0 Å². The van der Waals surface area contributed by atoms with E-state index in [2.05, 4.69) is 10.2 Å². The topological polar surface area (TPSA) is 44.7 Å². The van der Waals surface area contributed by atoms with Gasteiger partial charge in [-0.2, -0.15) is 0 Å². The molecule has 1 aromatic carbocycles. The van der Waals surface area contributed by atoms with Gasteiger partial charge in [-0.3, -0.25) is 0 Å². The molecule has 146 valence electrons. The highest BCUT2D eigenvalue weighted by molar-refractivity contribution is 5.33. The molecule has 2 saturated heterocycles. The molecule has 1 atom stereocenters. The molecule has 2 fully saturated rings. The Labute approximate surface area is 154 Å². The van der Waals surface area contributed by atoms with Gasteiger partial charge in [0.25, 0.3) is 0 Å². The molecular formula is C20H30F2N2O2. The van der Waals surface area contributed by atoms with E-state index in [0.717, 1.165) is 70.4 Å². The monoisotopic (exact) mass is 368 g/mol. The molecule has 0 unspecified atom stereocenters. The lowest BCUT2D eigenvalue weighted by Crippen LogP contribution is -2.35. The fraction of sp³-hybridized carbons (Fsp3) is 0.700. The van der Waals surface area contributed by atoms with Crippen molar-refractivity contribution in [1.82, 2.24) is 10.2 Å². The van der Waals surface area contributed by atoms with Gasteiger partial charge in [-0.1, -0.05) is 0 Å². The van der Waals surface area contributed by atoms with Crippen LogP contribution < -0.4 is 10.1 Å². The minimum atomic E-state index is -0.588. The number of ether oxygens (including phenoxy) is 1. The van der Waals surface area contributed by atoms with E-state index in [1.807, 2.05) is 0 Å². The second-order valence-electron chi connectivity index (χ2n) is 7.63. The van der Waals surface area contributed by atoms with E-state index < -0.39 is 11.6 Å². The Morgan fingerprint density at radius 2 is 1.77 bits per heavy atom. The largest absolute Gasteiger partial charge is 0.484 e. The highest BCUT2D eigenvalue weighted by atomic mass is 19.1. The van der Waals surface area contributed by atoms with Gasteiger partial charge in [0.2, 0.25) is 0 Å². The molecular weight excluding hydrogens is 338 g/mol. The van der Waals surface area contributed by atoms with E-state index >= 15 is 0 Å². The fourth-order valence-corrected chi connectivity index (χ4v) is 3.87. The molecule has 0 spiro atoms. The van der Waals surface area contributed by atoms with Crippen molar-refractivity contribution >= 4 is 0 Å². The molecule has 2 heterocycles. The summed E-state index contributed by atoms with van der Waals surface area (Å²) in [6, 6.07) is 2.91. The van der Waals surface area contributed by atoms with Gasteiger partial charge in [-0.05, 0) is 88.8 Å². The van der Waals surface area contributed by atoms with Crippen LogP contribution in [-0.4, -0.2) is 54.9 Å². The van der Waals surface area contributed by atoms with Crippen LogP contribution in [0.5, 0.6) is 5.75 Å². The van der Waals surface area contributed by atoms with Crippen LogP contribution in [0.25, 0.3) is 0 Å². The number of aliphatic hydroxyl groups is 1. The van der Waals surface area contributed by atoms with E-state index in [9.17, 15) is 13.9 Å². The van der Waals surface area contributed by atoms with Gasteiger partial charge in [0.05, 0.1) is 6.10 Å². The number of hydrogen-bond acceptors (Lipinski definition) is 4. The van der Waals surface area contributed by atoms with Crippen LogP contribution in [0.15, 0.2) is 12.1 Å². The summed E-state index contributed by atoms with van der Waals surface area (Å²) < 4.78 is 34.6. The number of rotatable bonds is 6. The molecule has 0 aliphatic carbocycles. The van der Waals surface area contributed by atoms with E-state index in [-0.39, 0.29) is 23.9 Å². The molecule has 4 nitrogen and oxygen atoms in total. The molecule has 2 N–H and O–H groups in total. The average Bonchev–Trinajstić information content (AvgIpc) is 2.64. The van der Waals surface area contributed by atoms with Crippen LogP contribution in [0.3, 0.4) is 0 Å². The number of benzene rings is 1. The summed E-state index contributed by atoms with van der Waals surface area (Å²) in [5, 5.41) is 12.6. The zero-order valence-electron chi connectivity index (χ0n) is 15.5. The summed E-state index contributed by atoms with van der Waals surface area (Å²) in [4.78, 5) is 2.31. The second kappa shape index (κ2) is 9.11. The number of hydrogen-bond donors (Lipinski definition) is 2. The van der Waals surface area contributed by atoms with Gasteiger partial charge in [0, 0.05) is 6.54 Å². The zero-order valence-corrected chi connectivity index (χ0v) is 15.5. The highest BCUT2D eigenvalue weighted by Crippen LogP contribution is 2.33. The molecule has 1 aromatic rings. The lowest BCUT2D eigenvalue weighted by Gasteiger charge is -2.32. The minimum absolute atomic E-state index is 0.122. The van der Waals surface area contributed by atoms with Crippen molar-refractivity contribution in [2.24, 2.45) is 0 Å². The van der Waals surface area contributed by atoms with Crippen molar-refractivity contribution in [3.63, 3.8) is 0 Å². The van der Waals surface area contributed by atoms with Crippen molar-refractivity contribution in [1.29, 1.82) is 0 Å². The van der Waals surface area contributed by atoms with Crippen LogP contribution >= 0.6 is 0 Å². The van der Waals surface area contributed by atoms with E-state index in [1.54, 1.807) is 6.92 Å². The van der Waals surface area contributed by atoms with Crippen LogP contribution in [0, 0.1) is 11.6 Å². The third-order valence-electron chi connectivity index (χ3n) is 5.51. The van der Waals surface area contributed by atoms with Crippen LogP contribution in [0.2, 0.25) is 0 Å². The normalized spacial score (nSPS) is 21.7. The summed E-state index contributed by atoms with van der Waals surface area (Å²) >= 11 is 0. The third-order valence-corrected chi connectivity index (χ3v) is 5.51.